The number of hydrogen-bond donors (Lipinski definition) is 3. The summed E-state index contributed by atoms with van der Waals surface area (Å²) >= 11 is 0. The largest absolute Gasteiger partial charge is 0.323 e. The molecule has 0 aliphatic carbocycles. The maximum Gasteiger partial charge on any atom is 0.228 e. The van der Waals surface area contributed by atoms with Crippen molar-refractivity contribution in [3.05, 3.63) is 12.4 Å². The Morgan fingerprint density at radius 1 is 1.64 bits per heavy atom. The second-order valence-corrected chi connectivity index (χ2v) is 3.52. The molecule has 0 bridgehead atoms. The van der Waals surface area contributed by atoms with Gasteiger partial charge < -0.3 is 10.6 Å². The molecule has 14 heavy (non-hydrogen) atoms. The number of aromatic amines is 1. The highest BCUT2D eigenvalue weighted by Crippen LogP contribution is 2.12. The lowest BCUT2D eigenvalue weighted by molar-refractivity contribution is -0.120. The topological polar surface area (TPSA) is 69.8 Å². The lowest BCUT2D eigenvalue weighted by Crippen LogP contribution is -2.37. The minimum Gasteiger partial charge on any atom is -0.323 e. The average molecular weight is 194 g/mol. The van der Waals surface area contributed by atoms with Gasteiger partial charge >= 0.3 is 0 Å². The SMILES string of the molecule is O=C(Nc1cn[nH]c1)[C@H]1CCCNC1. The number of rotatable bonds is 2. The number of H-pyrrole nitrogens is 1. The van der Waals surface area contributed by atoms with Crippen molar-refractivity contribution >= 4 is 11.6 Å². The van der Waals surface area contributed by atoms with E-state index < -0.39 is 0 Å². The Morgan fingerprint density at radius 3 is 3.21 bits per heavy atom. The van der Waals surface area contributed by atoms with Crippen LogP contribution in [0.15, 0.2) is 12.4 Å². The molecule has 0 aromatic carbocycles. The van der Waals surface area contributed by atoms with Crippen LogP contribution in [-0.2, 0) is 4.79 Å². The first kappa shape index (κ1) is 9.21. The van der Waals surface area contributed by atoms with Crippen LogP contribution in [0.3, 0.4) is 0 Å². The van der Waals surface area contributed by atoms with Crippen LogP contribution in [0.2, 0.25) is 0 Å². The first-order valence-corrected chi connectivity index (χ1v) is 4.86. The van der Waals surface area contributed by atoms with Gasteiger partial charge in [0, 0.05) is 12.7 Å². The van der Waals surface area contributed by atoms with Gasteiger partial charge in [0.1, 0.15) is 0 Å². The number of nitrogens with one attached hydrogen (secondary N) is 3. The number of piperidine rings is 1. The molecule has 1 aliphatic rings. The molecular formula is C9H14N4O. The molecule has 0 radical (unpaired) electrons. The van der Waals surface area contributed by atoms with Gasteiger partial charge in [-0.25, -0.2) is 0 Å². The van der Waals surface area contributed by atoms with Gasteiger partial charge in [0.15, 0.2) is 0 Å². The van der Waals surface area contributed by atoms with Gasteiger partial charge in [0.25, 0.3) is 0 Å². The number of aromatic nitrogens is 2. The summed E-state index contributed by atoms with van der Waals surface area (Å²) in [4.78, 5) is 11.7. The van der Waals surface area contributed by atoms with Gasteiger partial charge in [0.2, 0.25) is 5.91 Å². The Morgan fingerprint density at radius 2 is 2.57 bits per heavy atom. The third-order valence-corrected chi connectivity index (χ3v) is 2.43. The zero-order valence-corrected chi connectivity index (χ0v) is 7.92. The van der Waals surface area contributed by atoms with Crippen LogP contribution in [-0.4, -0.2) is 29.2 Å². The molecular weight excluding hydrogens is 180 g/mol. The summed E-state index contributed by atoms with van der Waals surface area (Å²) in [6.45, 7) is 1.80. The molecule has 1 aromatic rings. The zero-order chi connectivity index (χ0) is 9.80. The predicted octanol–water partition coefficient (Wildman–Crippen LogP) is 0.348. The first-order chi connectivity index (χ1) is 6.86. The van der Waals surface area contributed by atoms with E-state index in [9.17, 15) is 4.79 Å². The highest BCUT2D eigenvalue weighted by Gasteiger charge is 2.20. The predicted molar refractivity (Wildman–Crippen MR) is 52.8 cm³/mol. The Labute approximate surface area is 82.3 Å². The maximum absolute atomic E-state index is 11.7. The summed E-state index contributed by atoms with van der Waals surface area (Å²) in [5.41, 5.74) is 0.737. The van der Waals surface area contributed by atoms with Gasteiger partial charge in [0.05, 0.1) is 17.8 Å². The summed E-state index contributed by atoms with van der Waals surface area (Å²) in [7, 11) is 0. The van der Waals surface area contributed by atoms with Gasteiger partial charge in [-0.3, -0.25) is 9.89 Å². The van der Waals surface area contributed by atoms with E-state index in [-0.39, 0.29) is 11.8 Å². The summed E-state index contributed by atoms with van der Waals surface area (Å²) in [5, 5.41) is 12.5. The van der Waals surface area contributed by atoms with Crippen LogP contribution in [0.25, 0.3) is 0 Å². The van der Waals surface area contributed by atoms with Crippen LogP contribution in [0, 0.1) is 5.92 Å². The zero-order valence-electron chi connectivity index (χ0n) is 7.92. The van der Waals surface area contributed by atoms with E-state index >= 15 is 0 Å². The van der Waals surface area contributed by atoms with Crippen molar-refractivity contribution < 1.29 is 4.79 Å². The van der Waals surface area contributed by atoms with Crippen LogP contribution >= 0.6 is 0 Å². The number of nitrogens with zero attached hydrogens (tertiary/aromatic N) is 1. The molecule has 1 aromatic heterocycles. The molecule has 5 nitrogen and oxygen atoms in total. The minimum atomic E-state index is 0.0820. The molecule has 0 unspecified atom stereocenters. The van der Waals surface area contributed by atoms with E-state index in [0.717, 1.165) is 31.6 Å². The quantitative estimate of drug-likeness (QED) is 0.636. The Bertz CT molecular complexity index is 290. The molecule has 1 atom stereocenters. The van der Waals surface area contributed by atoms with Crippen molar-refractivity contribution in [3.8, 4) is 0 Å². The summed E-state index contributed by atoms with van der Waals surface area (Å²) < 4.78 is 0. The van der Waals surface area contributed by atoms with Crippen LogP contribution in [0.5, 0.6) is 0 Å². The average Bonchev–Trinajstić information content (AvgIpc) is 2.72. The van der Waals surface area contributed by atoms with Crippen molar-refractivity contribution in [2.75, 3.05) is 18.4 Å². The Kier molecular flexibility index (Phi) is 2.78. The van der Waals surface area contributed by atoms with Crippen molar-refractivity contribution in [2.24, 2.45) is 5.92 Å². The lowest BCUT2D eigenvalue weighted by atomic mass is 9.99. The summed E-state index contributed by atoms with van der Waals surface area (Å²) in [6, 6.07) is 0. The first-order valence-electron chi connectivity index (χ1n) is 4.86. The van der Waals surface area contributed by atoms with Gasteiger partial charge in [-0.05, 0) is 19.4 Å². The highest BCUT2D eigenvalue weighted by atomic mass is 16.1. The summed E-state index contributed by atoms with van der Waals surface area (Å²) in [5.74, 6) is 0.178. The van der Waals surface area contributed by atoms with E-state index in [2.05, 4.69) is 20.8 Å². The van der Waals surface area contributed by atoms with Crippen molar-refractivity contribution in [1.29, 1.82) is 0 Å². The maximum atomic E-state index is 11.7. The fourth-order valence-electron chi connectivity index (χ4n) is 1.64. The number of amides is 1. The molecule has 1 aliphatic heterocycles. The summed E-state index contributed by atoms with van der Waals surface area (Å²) in [6.07, 6.45) is 5.32. The van der Waals surface area contributed by atoms with Crippen molar-refractivity contribution in [3.63, 3.8) is 0 Å². The standard InChI is InChI=1S/C9H14N4O/c14-9(7-2-1-3-10-4-7)13-8-5-11-12-6-8/h5-7,10H,1-4H2,(H,11,12)(H,13,14)/t7-/m0/s1. The fraction of sp³-hybridized carbons (Fsp3) is 0.556. The molecule has 2 rings (SSSR count). The molecule has 3 N–H and O–H groups in total. The van der Waals surface area contributed by atoms with Crippen LogP contribution in [0.4, 0.5) is 5.69 Å². The third kappa shape index (κ3) is 2.11. The Hall–Kier alpha value is -1.36. The van der Waals surface area contributed by atoms with E-state index in [1.807, 2.05) is 0 Å². The number of anilines is 1. The highest BCUT2D eigenvalue weighted by molar-refractivity contribution is 5.92. The molecule has 0 spiro atoms. The van der Waals surface area contributed by atoms with E-state index in [1.165, 1.54) is 0 Å². The van der Waals surface area contributed by atoms with E-state index in [1.54, 1.807) is 12.4 Å². The smallest absolute Gasteiger partial charge is 0.228 e. The molecule has 5 heteroatoms. The van der Waals surface area contributed by atoms with Gasteiger partial charge in [-0.2, -0.15) is 5.10 Å². The van der Waals surface area contributed by atoms with Gasteiger partial charge in [-0.1, -0.05) is 0 Å². The molecule has 2 heterocycles. The monoisotopic (exact) mass is 194 g/mol. The lowest BCUT2D eigenvalue weighted by Gasteiger charge is -2.21. The minimum absolute atomic E-state index is 0.0820. The van der Waals surface area contributed by atoms with E-state index in [4.69, 9.17) is 0 Å². The number of carbonyl (C=O) groups excluding carboxylic acids is 1. The van der Waals surface area contributed by atoms with Crippen LogP contribution < -0.4 is 10.6 Å². The molecule has 1 fully saturated rings. The number of carbonyl (C=O) groups is 1. The Balaban J connectivity index is 1.88. The normalized spacial score (nSPS) is 21.9. The molecule has 76 valence electrons. The second kappa shape index (κ2) is 4.23. The molecule has 1 amide bonds. The second-order valence-electron chi connectivity index (χ2n) is 3.52. The van der Waals surface area contributed by atoms with Crippen molar-refractivity contribution in [2.45, 2.75) is 12.8 Å². The molecule has 0 saturated carbocycles. The van der Waals surface area contributed by atoms with E-state index in [0.29, 0.717) is 0 Å². The van der Waals surface area contributed by atoms with Gasteiger partial charge in [-0.15, -0.1) is 0 Å². The number of hydrogen-bond acceptors (Lipinski definition) is 3. The molecule has 1 saturated heterocycles. The third-order valence-electron chi connectivity index (χ3n) is 2.43. The van der Waals surface area contributed by atoms with Crippen molar-refractivity contribution in [1.82, 2.24) is 15.5 Å². The fourth-order valence-corrected chi connectivity index (χ4v) is 1.64. The van der Waals surface area contributed by atoms with Crippen LogP contribution in [0.1, 0.15) is 12.8 Å².